The molecule has 1 unspecified atom stereocenters. The first kappa shape index (κ1) is 20.7. The van der Waals surface area contributed by atoms with Crippen LogP contribution in [0.5, 0.6) is 0 Å². The van der Waals surface area contributed by atoms with Crippen LogP contribution >= 0.6 is 14.2 Å². The second-order valence-electron chi connectivity index (χ2n) is 5.88. The third kappa shape index (κ3) is 3.68. The summed E-state index contributed by atoms with van der Waals surface area (Å²) in [5.41, 5.74) is -2.93. The van der Waals surface area contributed by atoms with Crippen molar-refractivity contribution >= 4 is 26.0 Å². The average Bonchev–Trinajstić information content (AvgIpc) is 2.96. The van der Waals surface area contributed by atoms with Crippen LogP contribution in [0.15, 0.2) is 33.2 Å². The van der Waals surface area contributed by atoms with Gasteiger partial charge < -0.3 is 28.7 Å². The van der Waals surface area contributed by atoms with Gasteiger partial charge >= 0.3 is 13.3 Å². The maximum absolute atomic E-state index is 12.1. The average molecular weight is 441 g/mol. The highest BCUT2D eigenvalue weighted by molar-refractivity contribution is 8.08. The van der Waals surface area contributed by atoms with Gasteiger partial charge in [-0.3, -0.25) is 18.9 Å². The molecule has 0 radical (unpaired) electrons. The number of rotatable bonds is 6. The standard InChI is InChI=1S/C12H17N3O9P2S/c1-13-26(21,27)24-12-6(5-25(18,19)20)8(12)23-10(9(12)22-2)15-4-3-7(16)14-11(15)17/h3-5,8-10H,1-2H3,(H2,13,21,27)(H,14,16,17)(H2,18,19,20)/b6-5+/t8-,9+,10-,12-,26?/m1/s1. The third-order valence-corrected chi connectivity index (χ3v) is 6.74. The molecule has 1 aromatic heterocycles. The molecule has 0 spiro atoms. The Hall–Kier alpha value is -0.980. The van der Waals surface area contributed by atoms with Crippen molar-refractivity contribution in [3.05, 3.63) is 44.5 Å². The van der Waals surface area contributed by atoms with Crippen LogP contribution in [0.1, 0.15) is 6.23 Å². The Bertz CT molecular complexity index is 1000. The molecule has 0 aromatic carbocycles. The van der Waals surface area contributed by atoms with Gasteiger partial charge in [0, 0.05) is 30.8 Å². The minimum Gasteiger partial charge on any atom is -0.373 e. The normalized spacial score (nSPS) is 33.7. The Kier molecular flexibility index (Phi) is 5.24. The molecule has 2 heterocycles. The van der Waals surface area contributed by atoms with Crippen LogP contribution in [0.25, 0.3) is 0 Å². The Morgan fingerprint density at radius 1 is 1.44 bits per heavy atom. The van der Waals surface area contributed by atoms with Gasteiger partial charge in [-0.25, -0.2) is 9.88 Å². The van der Waals surface area contributed by atoms with Crippen molar-refractivity contribution in [3.8, 4) is 0 Å². The van der Waals surface area contributed by atoms with Gasteiger partial charge in [0.1, 0.15) is 12.2 Å². The fourth-order valence-electron chi connectivity index (χ4n) is 3.11. The minimum absolute atomic E-state index is 0.0509. The lowest BCUT2D eigenvalue weighted by molar-refractivity contribution is -0.0698. The van der Waals surface area contributed by atoms with Gasteiger partial charge in [-0.05, 0) is 18.9 Å². The van der Waals surface area contributed by atoms with E-state index in [1.54, 1.807) is 0 Å². The van der Waals surface area contributed by atoms with Crippen LogP contribution in [0, 0.1) is 0 Å². The number of methoxy groups -OCH3 is 1. The zero-order chi connectivity index (χ0) is 20.2. The molecule has 1 aliphatic carbocycles. The highest BCUT2D eigenvalue weighted by atomic mass is 32.5. The number of nitrogens with zero attached hydrogens (tertiary/aromatic N) is 1. The number of nitrogens with one attached hydrogen (secondary N) is 2. The van der Waals surface area contributed by atoms with Gasteiger partial charge in [-0.15, -0.1) is 0 Å². The van der Waals surface area contributed by atoms with E-state index >= 15 is 0 Å². The van der Waals surface area contributed by atoms with Gasteiger partial charge in [-0.1, -0.05) is 0 Å². The SMILES string of the molecule is CNP(O)(=S)O[C@]12/C(=C/P(=O)(O)O)[C@H]1O[C@@H](n1ccc(=O)[nH]c1=O)[C@@H]2OC. The second kappa shape index (κ2) is 6.82. The predicted molar refractivity (Wildman–Crippen MR) is 95.5 cm³/mol. The number of aromatic amines is 1. The topological polar surface area (TPSA) is 172 Å². The van der Waals surface area contributed by atoms with Crippen molar-refractivity contribution in [1.29, 1.82) is 0 Å². The van der Waals surface area contributed by atoms with Crippen molar-refractivity contribution in [1.82, 2.24) is 14.6 Å². The first-order valence-electron chi connectivity index (χ1n) is 7.46. The lowest BCUT2D eigenvalue weighted by atomic mass is 10.1. The smallest absolute Gasteiger partial charge is 0.349 e. The van der Waals surface area contributed by atoms with E-state index in [0.29, 0.717) is 5.82 Å². The molecule has 1 aromatic rings. The molecule has 5 N–H and O–H groups in total. The van der Waals surface area contributed by atoms with Crippen LogP contribution in [0.2, 0.25) is 0 Å². The molecule has 1 saturated heterocycles. The molecule has 15 heteroatoms. The van der Waals surface area contributed by atoms with E-state index in [-0.39, 0.29) is 5.57 Å². The largest absolute Gasteiger partial charge is 0.373 e. The van der Waals surface area contributed by atoms with Gasteiger partial charge in [0.15, 0.2) is 11.8 Å². The van der Waals surface area contributed by atoms with Crippen molar-refractivity contribution < 1.29 is 33.2 Å². The molecule has 2 aliphatic rings. The van der Waals surface area contributed by atoms with Crippen LogP contribution in [0.3, 0.4) is 0 Å². The summed E-state index contributed by atoms with van der Waals surface area (Å²) in [6, 6.07) is 1.10. The molecule has 3 rings (SSSR count). The maximum atomic E-state index is 12.1. The lowest BCUT2D eigenvalue weighted by Gasteiger charge is -2.29. The van der Waals surface area contributed by atoms with E-state index in [2.05, 4.69) is 10.1 Å². The van der Waals surface area contributed by atoms with E-state index in [1.165, 1.54) is 20.4 Å². The Morgan fingerprint density at radius 3 is 2.63 bits per heavy atom. The van der Waals surface area contributed by atoms with Gasteiger partial charge in [0.2, 0.25) is 0 Å². The summed E-state index contributed by atoms with van der Waals surface area (Å²) >= 11 is 4.96. The quantitative estimate of drug-likeness (QED) is 0.333. The Balaban J connectivity index is 2.08. The molecule has 2 fully saturated rings. The summed E-state index contributed by atoms with van der Waals surface area (Å²) in [6.07, 6.45) is -2.01. The minimum atomic E-state index is -4.59. The van der Waals surface area contributed by atoms with Crippen molar-refractivity contribution in [3.63, 3.8) is 0 Å². The highest BCUT2D eigenvalue weighted by Gasteiger charge is 2.77. The molecule has 1 saturated carbocycles. The van der Waals surface area contributed by atoms with Crippen molar-refractivity contribution in [2.24, 2.45) is 0 Å². The van der Waals surface area contributed by atoms with Crippen LogP contribution in [0.4, 0.5) is 0 Å². The number of hydrogen-bond acceptors (Lipinski definition) is 7. The molecule has 5 atom stereocenters. The van der Waals surface area contributed by atoms with E-state index < -0.39 is 49.5 Å². The summed E-state index contributed by atoms with van der Waals surface area (Å²) in [5.74, 6) is 0.667. The summed E-state index contributed by atoms with van der Waals surface area (Å²) in [6.45, 7) is -3.55. The van der Waals surface area contributed by atoms with Crippen molar-refractivity contribution in [2.45, 2.75) is 24.0 Å². The number of ether oxygens (including phenoxy) is 2. The zero-order valence-electron chi connectivity index (χ0n) is 14.0. The molecular formula is C12H17N3O9P2S. The van der Waals surface area contributed by atoms with Crippen molar-refractivity contribution in [2.75, 3.05) is 14.2 Å². The van der Waals surface area contributed by atoms with Gasteiger partial charge in [0.25, 0.3) is 12.2 Å². The summed E-state index contributed by atoms with van der Waals surface area (Å²) in [7, 11) is -1.95. The molecule has 1 aliphatic heterocycles. The fraction of sp³-hybridized carbons (Fsp3) is 0.500. The Labute approximate surface area is 157 Å². The van der Waals surface area contributed by atoms with E-state index in [9.17, 15) is 28.8 Å². The molecule has 0 amide bonds. The molecule has 12 nitrogen and oxygen atoms in total. The fourth-order valence-corrected chi connectivity index (χ4v) is 4.99. The van der Waals surface area contributed by atoms with Crippen LogP contribution < -0.4 is 16.3 Å². The maximum Gasteiger partial charge on any atom is 0.349 e. The summed E-state index contributed by atoms with van der Waals surface area (Å²) in [4.78, 5) is 54.1. The zero-order valence-corrected chi connectivity index (χ0v) is 16.6. The van der Waals surface area contributed by atoms with Crippen LogP contribution in [-0.2, 0) is 30.4 Å². The van der Waals surface area contributed by atoms with Gasteiger partial charge in [-0.2, -0.15) is 0 Å². The number of H-pyrrole nitrogens is 1. The first-order valence-corrected chi connectivity index (χ1v) is 11.8. The molecule has 27 heavy (non-hydrogen) atoms. The highest BCUT2D eigenvalue weighted by Crippen LogP contribution is 2.67. The number of fused-ring (bicyclic) bond motifs is 1. The van der Waals surface area contributed by atoms with E-state index in [0.717, 1.165) is 10.6 Å². The van der Waals surface area contributed by atoms with Gasteiger partial charge in [0.05, 0.1) is 0 Å². The monoisotopic (exact) mass is 441 g/mol. The van der Waals surface area contributed by atoms with E-state index in [1.807, 2.05) is 0 Å². The summed E-state index contributed by atoms with van der Waals surface area (Å²) in [5, 5.41) is 2.43. The Morgan fingerprint density at radius 2 is 2.11 bits per heavy atom. The molecule has 150 valence electrons. The first-order chi connectivity index (χ1) is 12.4. The molecule has 0 bridgehead atoms. The third-order valence-electron chi connectivity index (χ3n) is 4.24. The van der Waals surface area contributed by atoms with E-state index in [4.69, 9.17) is 25.8 Å². The number of hydrogen-bond donors (Lipinski definition) is 5. The summed E-state index contributed by atoms with van der Waals surface area (Å²) < 4.78 is 29.2. The second-order valence-corrected chi connectivity index (χ2v) is 10.5. The van der Waals surface area contributed by atoms with Crippen LogP contribution in [-0.4, -0.2) is 56.2 Å². The predicted octanol–water partition coefficient (Wildman–Crippen LogP) is -1.28. The number of aromatic nitrogens is 2. The molecular weight excluding hydrogens is 424 g/mol. The lowest BCUT2D eigenvalue weighted by Crippen LogP contribution is -2.42.